The molecule has 0 saturated carbocycles. The molecule has 19 heavy (non-hydrogen) atoms. The Bertz CT molecular complexity index is 580. The number of aryl methyl sites for hydroxylation is 3. The first-order valence-corrected chi connectivity index (χ1v) is 6.68. The van der Waals surface area contributed by atoms with Gasteiger partial charge in [-0.05, 0) is 38.3 Å². The van der Waals surface area contributed by atoms with Crippen LogP contribution in [0.5, 0.6) is 0 Å². The summed E-state index contributed by atoms with van der Waals surface area (Å²) in [5, 5.41) is 3.16. The molecular formula is C16H21N3. The van der Waals surface area contributed by atoms with Crippen molar-refractivity contribution in [2.24, 2.45) is 0 Å². The Morgan fingerprint density at radius 1 is 1.05 bits per heavy atom. The van der Waals surface area contributed by atoms with Crippen molar-refractivity contribution in [1.29, 1.82) is 0 Å². The number of rotatable bonds is 3. The first kappa shape index (κ1) is 13.5. The molecule has 0 atom stereocenters. The van der Waals surface area contributed by atoms with Gasteiger partial charge in [0.15, 0.2) is 0 Å². The predicted octanol–water partition coefficient (Wildman–Crippen LogP) is 3.67. The fourth-order valence-electron chi connectivity index (χ4n) is 2.73. The van der Waals surface area contributed by atoms with Crippen LogP contribution in [0.3, 0.4) is 0 Å². The first-order valence-electron chi connectivity index (χ1n) is 6.68. The number of nitrogens with one attached hydrogen (secondary N) is 1. The number of hydrogen-bond donors (Lipinski definition) is 1. The highest BCUT2D eigenvalue weighted by Gasteiger charge is 2.14. The zero-order valence-electron chi connectivity index (χ0n) is 12.3. The highest BCUT2D eigenvalue weighted by atomic mass is 15.0. The molecule has 0 aliphatic carbocycles. The molecule has 0 amide bonds. The third kappa shape index (κ3) is 2.46. The summed E-state index contributed by atoms with van der Waals surface area (Å²) < 4.78 is 0. The maximum Gasteiger partial charge on any atom is 0.132 e. The molecule has 0 radical (unpaired) electrons. The normalized spacial score (nSPS) is 10.6. The molecule has 1 N–H and O–H groups in total. The van der Waals surface area contributed by atoms with Crippen molar-refractivity contribution in [3.8, 4) is 11.3 Å². The Labute approximate surface area is 115 Å². The van der Waals surface area contributed by atoms with E-state index in [1.165, 1.54) is 27.8 Å². The van der Waals surface area contributed by atoms with Gasteiger partial charge >= 0.3 is 0 Å². The fourth-order valence-corrected chi connectivity index (χ4v) is 2.73. The number of anilines is 1. The third-order valence-electron chi connectivity index (χ3n) is 3.45. The van der Waals surface area contributed by atoms with Crippen LogP contribution in [-0.2, 0) is 6.42 Å². The minimum atomic E-state index is 0.916. The predicted molar refractivity (Wildman–Crippen MR) is 80.6 cm³/mol. The molecule has 0 fully saturated rings. The van der Waals surface area contributed by atoms with Crippen LogP contribution in [0.4, 0.5) is 5.82 Å². The van der Waals surface area contributed by atoms with Gasteiger partial charge in [-0.2, -0.15) is 0 Å². The van der Waals surface area contributed by atoms with Gasteiger partial charge in [-0.25, -0.2) is 9.97 Å². The topological polar surface area (TPSA) is 37.8 Å². The van der Waals surface area contributed by atoms with E-state index in [2.05, 4.69) is 55.1 Å². The monoisotopic (exact) mass is 255 g/mol. The molecule has 1 aromatic heterocycles. The molecule has 0 bridgehead atoms. The summed E-state index contributed by atoms with van der Waals surface area (Å²) in [6.07, 6.45) is 2.55. The summed E-state index contributed by atoms with van der Waals surface area (Å²) in [6.45, 7) is 8.57. The van der Waals surface area contributed by atoms with Crippen LogP contribution in [0, 0.1) is 20.8 Å². The number of benzene rings is 1. The van der Waals surface area contributed by atoms with E-state index in [1.54, 1.807) is 6.33 Å². The van der Waals surface area contributed by atoms with Gasteiger partial charge in [0, 0.05) is 18.2 Å². The maximum atomic E-state index is 4.53. The molecule has 1 aromatic carbocycles. The number of aromatic nitrogens is 2. The second-order valence-electron chi connectivity index (χ2n) is 4.93. The van der Waals surface area contributed by atoms with Gasteiger partial charge in [-0.3, -0.25) is 0 Å². The smallest absolute Gasteiger partial charge is 0.132 e. The van der Waals surface area contributed by atoms with Crippen molar-refractivity contribution in [3.05, 3.63) is 40.7 Å². The summed E-state index contributed by atoms with van der Waals surface area (Å²) in [4.78, 5) is 8.84. The molecule has 0 unspecified atom stereocenters. The molecule has 0 spiro atoms. The van der Waals surface area contributed by atoms with Crippen molar-refractivity contribution in [1.82, 2.24) is 9.97 Å². The Balaban J connectivity index is 2.72. The Kier molecular flexibility index (Phi) is 3.84. The molecule has 0 aliphatic heterocycles. The lowest BCUT2D eigenvalue weighted by Crippen LogP contribution is -2.04. The maximum absolute atomic E-state index is 4.53. The van der Waals surface area contributed by atoms with E-state index in [4.69, 9.17) is 0 Å². The summed E-state index contributed by atoms with van der Waals surface area (Å²) in [5.74, 6) is 0.923. The summed E-state index contributed by atoms with van der Waals surface area (Å²) in [5.41, 5.74) is 7.30. The average Bonchev–Trinajstić information content (AvgIpc) is 2.37. The van der Waals surface area contributed by atoms with Crippen molar-refractivity contribution in [3.63, 3.8) is 0 Å². The quantitative estimate of drug-likeness (QED) is 0.909. The SMILES string of the molecule is CCc1c(NC)ncnc1-c1c(C)cc(C)cc1C. The van der Waals surface area contributed by atoms with E-state index in [1.807, 2.05) is 7.05 Å². The molecular weight excluding hydrogens is 234 g/mol. The molecule has 1 heterocycles. The minimum Gasteiger partial charge on any atom is -0.373 e. The molecule has 3 nitrogen and oxygen atoms in total. The summed E-state index contributed by atoms with van der Waals surface area (Å²) in [6, 6.07) is 4.42. The van der Waals surface area contributed by atoms with Gasteiger partial charge in [-0.1, -0.05) is 24.6 Å². The summed E-state index contributed by atoms with van der Waals surface area (Å²) >= 11 is 0. The lowest BCUT2D eigenvalue weighted by molar-refractivity contribution is 1.04. The lowest BCUT2D eigenvalue weighted by Gasteiger charge is -2.15. The van der Waals surface area contributed by atoms with Crippen LogP contribution in [0.25, 0.3) is 11.3 Å². The van der Waals surface area contributed by atoms with Crippen LogP contribution in [0.1, 0.15) is 29.2 Å². The van der Waals surface area contributed by atoms with Gasteiger partial charge in [0.1, 0.15) is 12.1 Å². The molecule has 0 aliphatic rings. The van der Waals surface area contributed by atoms with E-state index in [0.717, 1.165) is 17.9 Å². The fraction of sp³-hybridized carbons (Fsp3) is 0.375. The minimum absolute atomic E-state index is 0.916. The second kappa shape index (κ2) is 5.39. The number of hydrogen-bond acceptors (Lipinski definition) is 3. The Hall–Kier alpha value is -1.90. The van der Waals surface area contributed by atoms with Gasteiger partial charge in [0.25, 0.3) is 0 Å². The number of nitrogens with zero attached hydrogens (tertiary/aromatic N) is 2. The van der Waals surface area contributed by atoms with Gasteiger partial charge in [-0.15, -0.1) is 0 Å². The molecule has 2 rings (SSSR count). The van der Waals surface area contributed by atoms with Crippen LogP contribution < -0.4 is 5.32 Å². The zero-order chi connectivity index (χ0) is 14.0. The molecule has 0 saturated heterocycles. The van der Waals surface area contributed by atoms with E-state index in [-0.39, 0.29) is 0 Å². The standard InChI is InChI=1S/C16H21N3/c1-6-13-15(18-9-19-16(13)17-5)14-11(3)7-10(2)8-12(14)4/h7-9H,6H2,1-5H3,(H,17,18,19). The van der Waals surface area contributed by atoms with E-state index < -0.39 is 0 Å². The van der Waals surface area contributed by atoms with Crippen molar-refractivity contribution >= 4 is 5.82 Å². The van der Waals surface area contributed by atoms with Crippen LogP contribution >= 0.6 is 0 Å². The zero-order valence-corrected chi connectivity index (χ0v) is 12.3. The van der Waals surface area contributed by atoms with E-state index in [0.29, 0.717) is 0 Å². The molecule has 3 heteroatoms. The Morgan fingerprint density at radius 3 is 2.21 bits per heavy atom. The van der Waals surface area contributed by atoms with Gasteiger partial charge < -0.3 is 5.32 Å². The van der Waals surface area contributed by atoms with Crippen LogP contribution in [-0.4, -0.2) is 17.0 Å². The van der Waals surface area contributed by atoms with E-state index >= 15 is 0 Å². The molecule has 100 valence electrons. The average molecular weight is 255 g/mol. The third-order valence-corrected chi connectivity index (χ3v) is 3.45. The van der Waals surface area contributed by atoms with E-state index in [9.17, 15) is 0 Å². The highest BCUT2D eigenvalue weighted by Crippen LogP contribution is 2.31. The van der Waals surface area contributed by atoms with Gasteiger partial charge in [0.2, 0.25) is 0 Å². The first-order chi connectivity index (χ1) is 9.08. The Morgan fingerprint density at radius 2 is 1.68 bits per heavy atom. The largest absolute Gasteiger partial charge is 0.373 e. The lowest BCUT2D eigenvalue weighted by atomic mass is 9.94. The highest BCUT2D eigenvalue weighted by molar-refractivity contribution is 5.74. The van der Waals surface area contributed by atoms with Crippen LogP contribution in [0.15, 0.2) is 18.5 Å². The van der Waals surface area contributed by atoms with Crippen molar-refractivity contribution in [2.45, 2.75) is 34.1 Å². The molecule has 2 aromatic rings. The van der Waals surface area contributed by atoms with Crippen molar-refractivity contribution < 1.29 is 0 Å². The summed E-state index contributed by atoms with van der Waals surface area (Å²) in [7, 11) is 1.90. The van der Waals surface area contributed by atoms with Gasteiger partial charge in [0.05, 0.1) is 5.69 Å². The van der Waals surface area contributed by atoms with Crippen molar-refractivity contribution in [2.75, 3.05) is 12.4 Å². The van der Waals surface area contributed by atoms with Crippen LogP contribution in [0.2, 0.25) is 0 Å². The second-order valence-corrected chi connectivity index (χ2v) is 4.93.